The molecule has 4 atom stereocenters. The number of likely N-dealkylation sites (tertiary alicyclic amines) is 1. The van der Waals surface area contributed by atoms with E-state index in [0.717, 1.165) is 17.5 Å². The summed E-state index contributed by atoms with van der Waals surface area (Å²) in [5.41, 5.74) is 0.129. The molecule has 2 aliphatic heterocycles. The van der Waals surface area contributed by atoms with Gasteiger partial charge in [0.1, 0.15) is 24.5 Å². The second-order valence-corrected chi connectivity index (χ2v) is 9.73. The number of esters is 1. The van der Waals surface area contributed by atoms with E-state index in [1.165, 1.54) is 4.90 Å². The number of hydrogen-bond acceptors (Lipinski definition) is 7. The van der Waals surface area contributed by atoms with Gasteiger partial charge in [0, 0.05) is 13.0 Å². The van der Waals surface area contributed by atoms with Crippen LogP contribution in [0.3, 0.4) is 0 Å². The minimum atomic E-state index is -1.40. The summed E-state index contributed by atoms with van der Waals surface area (Å²) >= 11 is 6.40. The number of benzene rings is 2. The molecule has 2 fully saturated rings. The van der Waals surface area contributed by atoms with Crippen LogP contribution in [0.4, 0.5) is 0 Å². The number of halogens is 1. The minimum absolute atomic E-state index is 0.0342. The predicted molar refractivity (Wildman–Crippen MR) is 138 cm³/mol. The van der Waals surface area contributed by atoms with Crippen LogP contribution in [0.15, 0.2) is 54.6 Å². The van der Waals surface area contributed by atoms with Crippen LogP contribution in [0.1, 0.15) is 36.8 Å². The number of alkyl halides is 1. The first-order chi connectivity index (χ1) is 18.4. The number of Topliss-reactive ketones (excluding diaryl/α,β-unsaturated/α-hetero) is 1. The van der Waals surface area contributed by atoms with Crippen molar-refractivity contribution in [3.63, 3.8) is 0 Å². The highest BCUT2D eigenvalue weighted by Gasteiger charge is 2.52. The van der Waals surface area contributed by atoms with Crippen molar-refractivity contribution >= 4 is 35.2 Å². The molecule has 38 heavy (non-hydrogen) atoms. The number of β-lactam (4-membered cyclic amide) rings is 1. The lowest BCUT2D eigenvalue weighted by Crippen LogP contribution is -2.73. The molecular formula is C28H31ClN2O7. The van der Waals surface area contributed by atoms with Crippen LogP contribution in [-0.2, 0) is 41.7 Å². The van der Waals surface area contributed by atoms with Gasteiger partial charge in [-0.2, -0.15) is 0 Å². The molecule has 9 nitrogen and oxygen atoms in total. The summed E-state index contributed by atoms with van der Waals surface area (Å²) < 4.78 is 15.9. The molecule has 1 N–H and O–H groups in total. The highest BCUT2D eigenvalue weighted by atomic mass is 35.5. The molecule has 0 bridgehead atoms. The van der Waals surface area contributed by atoms with E-state index >= 15 is 0 Å². The van der Waals surface area contributed by atoms with Gasteiger partial charge in [-0.15, -0.1) is 0 Å². The van der Waals surface area contributed by atoms with Gasteiger partial charge in [-0.3, -0.25) is 14.4 Å². The first-order valence-electron chi connectivity index (χ1n) is 12.6. The zero-order chi connectivity index (χ0) is 27.1. The lowest BCUT2D eigenvalue weighted by Gasteiger charge is -2.48. The van der Waals surface area contributed by atoms with Crippen LogP contribution in [0, 0.1) is 0 Å². The van der Waals surface area contributed by atoms with Crippen LogP contribution >= 0.6 is 11.6 Å². The molecule has 0 spiro atoms. The van der Waals surface area contributed by atoms with Gasteiger partial charge in [0.25, 0.3) is 0 Å². The molecule has 2 amide bonds. The summed E-state index contributed by atoms with van der Waals surface area (Å²) in [7, 11) is 1.55. The molecule has 2 saturated heterocycles. The third-order valence-electron chi connectivity index (χ3n) is 6.74. The van der Waals surface area contributed by atoms with Crippen molar-refractivity contribution in [1.29, 1.82) is 0 Å². The molecule has 0 radical (unpaired) electrons. The average Bonchev–Trinajstić information content (AvgIpc) is 3.48. The first kappa shape index (κ1) is 27.6. The van der Waals surface area contributed by atoms with Crippen LogP contribution in [-0.4, -0.2) is 65.9 Å². The maximum Gasteiger partial charge on any atom is 0.344 e. The first-order valence-corrected chi connectivity index (χ1v) is 13.0. The van der Waals surface area contributed by atoms with Gasteiger partial charge in [0.05, 0.1) is 19.6 Å². The number of amides is 2. The van der Waals surface area contributed by atoms with Gasteiger partial charge in [0.2, 0.25) is 17.3 Å². The Bertz CT molecular complexity index is 1140. The Morgan fingerprint density at radius 2 is 1.84 bits per heavy atom. The van der Waals surface area contributed by atoms with Crippen molar-refractivity contribution in [1.82, 2.24) is 10.2 Å². The Morgan fingerprint density at radius 3 is 2.50 bits per heavy atom. The molecule has 1 unspecified atom stereocenters. The van der Waals surface area contributed by atoms with Crippen molar-refractivity contribution in [2.45, 2.75) is 62.4 Å². The SMILES string of the molecule is COc1ccc(COC(=O)C(Cl)N2C(=O)[C@@H](NC(=O)Cc3ccccc3)[C@H]2CCC(=O)[C@@H]2CCCO2)cc1. The summed E-state index contributed by atoms with van der Waals surface area (Å²) in [6, 6.07) is 14.6. The maximum atomic E-state index is 13.0. The predicted octanol–water partition coefficient (Wildman–Crippen LogP) is 2.77. The minimum Gasteiger partial charge on any atom is -0.497 e. The monoisotopic (exact) mass is 542 g/mol. The van der Waals surface area contributed by atoms with Crippen molar-refractivity contribution in [3.8, 4) is 5.75 Å². The third-order valence-corrected chi connectivity index (χ3v) is 7.13. The summed E-state index contributed by atoms with van der Waals surface area (Å²) in [5.74, 6) is -1.02. The summed E-state index contributed by atoms with van der Waals surface area (Å²) in [4.78, 5) is 52.2. The highest BCUT2D eigenvalue weighted by Crippen LogP contribution is 2.30. The fraction of sp³-hybridized carbons (Fsp3) is 0.429. The van der Waals surface area contributed by atoms with E-state index in [1.807, 2.05) is 30.3 Å². The quantitative estimate of drug-likeness (QED) is 0.190. The third kappa shape index (κ3) is 6.71. The molecule has 202 valence electrons. The van der Waals surface area contributed by atoms with Gasteiger partial charge in [-0.05, 0) is 42.5 Å². The van der Waals surface area contributed by atoms with Crippen LogP contribution in [0.2, 0.25) is 0 Å². The lowest BCUT2D eigenvalue weighted by molar-refractivity contribution is -0.166. The molecule has 0 aliphatic carbocycles. The Morgan fingerprint density at radius 1 is 1.11 bits per heavy atom. The van der Waals surface area contributed by atoms with Crippen LogP contribution in [0.5, 0.6) is 5.75 Å². The maximum absolute atomic E-state index is 13.0. The Labute approximate surface area is 226 Å². The molecule has 2 aromatic carbocycles. The van der Waals surface area contributed by atoms with E-state index in [-0.39, 0.29) is 37.6 Å². The fourth-order valence-electron chi connectivity index (χ4n) is 4.66. The topological polar surface area (TPSA) is 111 Å². The number of carbonyl (C=O) groups is 4. The van der Waals surface area contributed by atoms with Crippen molar-refractivity contribution in [2.24, 2.45) is 0 Å². The number of hydrogen-bond donors (Lipinski definition) is 1. The van der Waals surface area contributed by atoms with Gasteiger partial charge in [0.15, 0.2) is 5.78 Å². The van der Waals surface area contributed by atoms with E-state index in [4.69, 9.17) is 25.8 Å². The zero-order valence-electron chi connectivity index (χ0n) is 21.1. The van der Waals surface area contributed by atoms with Crippen molar-refractivity contribution in [2.75, 3.05) is 13.7 Å². The average molecular weight is 543 g/mol. The van der Waals surface area contributed by atoms with E-state index in [0.29, 0.717) is 18.8 Å². The smallest absolute Gasteiger partial charge is 0.344 e. The van der Waals surface area contributed by atoms with E-state index in [2.05, 4.69) is 5.32 Å². The number of ketones is 1. The standard InChI is InChI=1S/C28H31ClN2O7/c1-36-20-11-9-19(10-12-20)17-38-28(35)26(29)31-21(13-14-22(32)23-8-5-15-37-23)25(27(31)34)30-24(33)16-18-6-3-2-4-7-18/h2-4,6-7,9-12,21,23,25-26H,5,8,13-17H2,1H3,(H,30,33)/t21-,23+,25+,26?/m1/s1. The highest BCUT2D eigenvalue weighted by molar-refractivity contribution is 6.31. The summed E-state index contributed by atoms with van der Waals surface area (Å²) in [6.45, 7) is 0.514. The normalized spacial score (nSPS) is 21.4. The number of nitrogens with one attached hydrogen (secondary N) is 1. The van der Waals surface area contributed by atoms with Gasteiger partial charge >= 0.3 is 5.97 Å². The molecule has 2 aromatic rings. The molecule has 0 aromatic heterocycles. The largest absolute Gasteiger partial charge is 0.497 e. The second-order valence-electron chi connectivity index (χ2n) is 9.32. The van der Waals surface area contributed by atoms with E-state index in [1.54, 1.807) is 31.4 Å². The molecule has 10 heteroatoms. The number of methoxy groups -OCH3 is 1. The molecular weight excluding hydrogens is 512 g/mol. The van der Waals surface area contributed by atoms with E-state index in [9.17, 15) is 19.2 Å². The molecule has 2 aliphatic rings. The van der Waals surface area contributed by atoms with Crippen molar-refractivity contribution < 1.29 is 33.4 Å². The zero-order valence-corrected chi connectivity index (χ0v) is 21.9. The number of carbonyl (C=O) groups excluding carboxylic acids is 4. The lowest BCUT2D eigenvalue weighted by atomic mass is 9.89. The second kappa shape index (κ2) is 12.9. The molecule has 0 saturated carbocycles. The Hall–Kier alpha value is -3.43. The van der Waals surface area contributed by atoms with E-state index < -0.39 is 35.6 Å². The number of ether oxygens (including phenoxy) is 3. The summed E-state index contributed by atoms with van der Waals surface area (Å²) in [5, 5.41) is 2.76. The van der Waals surface area contributed by atoms with Crippen molar-refractivity contribution in [3.05, 3.63) is 65.7 Å². The molecule has 4 rings (SSSR count). The Kier molecular flexibility index (Phi) is 9.36. The van der Waals surface area contributed by atoms with Crippen LogP contribution < -0.4 is 10.1 Å². The molecule has 2 heterocycles. The summed E-state index contributed by atoms with van der Waals surface area (Å²) in [6.07, 6.45) is 1.50. The fourth-order valence-corrected chi connectivity index (χ4v) is 4.96. The Balaban J connectivity index is 1.39. The van der Waals surface area contributed by atoms with Gasteiger partial charge in [-0.1, -0.05) is 54.1 Å². The van der Waals surface area contributed by atoms with Gasteiger partial charge < -0.3 is 24.4 Å². The number of nitrogens with zero attached hydrogens (tertiary/aromatic N) is 1. The number of rotatable bonds is 12. The van der Waals surface area contributed by atoms with Crippen LogP contribution in [0.25, 0.3) is 0 Å². The van der Waals surface area contributed by atoms with Gasteiger partial charge in [-0.25, -0.2) is 4.79 Å².